The zero-order valence-corrected chi connectivity index (χ0v) is 15.9. The van der Waals surface area contributed by atoms with Gasteiger partial charge in [-0.1, -0.05) is 18.2 Å². The molecule has 4 rings (SSSR count). The lowest BCUT2D eigenvalue weighted by molar-refractivity contribution is -0.134. The van der Waals surface area contributed by atoms with E-state index in [0.717, 1.165) is 53.8 Å². The topological polar surface area (TPSA) is 58.2 Å². The molecule has 0 saturated carbocycles. The number of ether oxygens (including phenoxy) is 1. The number of rotatable bonds is 4. The molecular weight excluding hydrogens is 338 g/mol. The van der Waals surface area contributed by atoms with Gasteiger partial charge >= 0.3 is 0 Å². The number of piperidine rings is 1. The molecule has 27 heavy (non-hydrogen) atoms. The second-order valence-corrected chi connectivity index (χ2v) is 7.33. The number of pyridine rings is 1. The van der Waals surface area contributed by atoms with Crippen LogP contribution in [0.25, 0.3) is 11.0 Å². The van der Waals surface area contributed by atoms with E-state index in [2.05, 4.69) is 22.1 Å². The van der Waals surface area contributed by atoms with E-state index in [1.807, 2.05) is 49.2 Å². The number of likely N-dealkylation sites (tertiary alicyclic amines) is 1. The number of aromatic amines is 1. The summed E-state index contributed by atoms with van der Waals surface area (Å²) in [5, 5.41) is 0. The quantitative estimate of drug-likeness (QED) is 0.763. The Morgan fingerprint density at radius 1 is 1.19 bits per heavy atom. The molecule has 0 spiro atoms. The summed E-state index contributed by atoms with van der Waals surface area (Å²) in [4.78, 5) is 22.4. The maximum absolute atomic E-state index is 12.6. The van der Waals surface area contributed by atoms with Gasteiger partial charge in [-0.25, -0.2) is 0 Å². The molecule has 3 aromatic rings. The third-order valence-corrected chi connectivity index (χ3v) is 5.45. The van der Waals surface area contributed by atoms with Crippen molar-refractivity contribution in [3.05, 3.63) is 59.4 Å². The molecule has 0 bridgehead atoms. The van der Waals surface area contributed by atoms with Crippen LogP contribution in [-0.2, 0) is 4.79 Å². The van der Waals surface area contributed by atoms with Crippen molar-refractivity contribution in [1.29, 1.82) is 0 Å². The molecule has 1 aromatic carbocycles. The van der Waals surface area contributed by atoms with Gasteiger partial charge in [0.2, 0.25) is 0 Å². The van der Waals surface area contributed by atoms with E-state index >= 15 is 0 Å². The van der Waals surface area contributed by atoms with Crippen molar-refractivity contribution >= 4 is 16.9 Å². The molecule has 0 aliphatic carbocycles. The third kappa shape index (κ3) is 3.68. The maximum Gasteiger partial charge on any atom is 0.260 e. The van der Waals surface area contributed by atoms with Crippen LogP contribution < -0.4 is 4.74 Å². The zero-order valence-electron chi connectivity index (χ0n) is 15.9. The number of benzene rings is 1. The van der Waals surface area contributed by atoms with Crippen molar-refractivity contribution in [2.24, 2.45) is 0 Å². The number of H-pyrrole nitrogens is 1. The van der Waals surface area contributed by atoms with Gasteiger partial charge in [-0.05, 0) is 56.0 Å². The summed E-state index contributed by atoms with van der Waals surface area (Å²) in [7, 11) is 0. The lowest BCUT2D eigenvalue weighted by atomic mass is 9.93. The van der Waals surface area contributed by atoms with Gasteiger partial charge in [-0.3, -0.25) is 9.78 Å². The molecule has 5 heteroatoms. The SMILES string of the molecule is Cc1cccc(C)c1OCC(=O)N1CCC(c2cc3ncccc3[nH]2)CC1. The molecule has 3 heterocycles. The Labute approximate surface area is 159 Å². The van der Waals surface area contributed by atoms with Crippen LogP contribution in [0.4, 0.5) is 0 Å². The fourth-order valence-electron chi connectivity index (χ4n) is 3.89. The number of hydrogen-bond donors (Lipinski definition) is 1. The van der Waals surface area contributed by atoms with Crippen molar-refractivity contribution in [2.75, 3.05) is 19.7 Å². The molecule has 1 aliphatic heterocycles. The number of nitrogens with one attached hydrogen (secondary N) is 1. The number of carbonyl (C=O) groups excluding carboxylic acids is 1. The van der Waals surface area contributed by atoms with Crippen molar-refractivity contribution in [1.82, 2.24) is 14.9 Å². The Kier molecular flexibility index (Phi) is 4.84. The highest BCUT2D eigenvalue weighted by Crippen LogP contribution is 2.29. The molecule has 1 N–H and O–H groups in total. The molecular formula is C22H25N3O2. The summed E-state index contributed by atoms with van der Waals surface area (Å²) >= 11 is 0. The first-order chi connectivity index (χ1) is 13.1. The number of nitrogens with zero attached hydrogens (tertiary/aromatic N) is 2. The van der Waals surface area contributed by atoms with E-state index in [9.17, 15) is 4.79 Å². The standard InChI is InChI=1S/C22H25N3O2/c1-15-5-3-6-16(2)22(15)27-14-21(26)25-11-8-17(9-12-25)19-13-20-18(24-19)7-4-10-23-20/h3-7,10,13,17,24H,8-9,11-12,14H2,1-2H3. The van der Waals surface area contributed by atoms with E-state index in [0.29, 0.717) is 5.92 Å². The molecule has 5 nitrogen and oxygen atoms in total. The van der Waals surface area contributed by atoms with Gasteiger partial charge in [0.15, 0.2) is 6.61 Å². The normalized spacial score (nSPS) is 15.3. The Hall–Kier alpha value is -2.82. The highest BCUT2D eigenvalue weighted by Gasteiger charge is 2.25. The van der Waals surface area contributed by atoms with Gasteiger partial charge in [0.25, 0.3) is 5.91 Å². The van der Waals surface area contributed by atoms with Crippen LogP contribution in [0.2, 0.25) is 0 Å². The number of fused-ring (bicyclic) bond motifs is 1. The van der Waals surface area contributed by atoms with Crippen LogP contribution in [0, 0.1) is 13.8 Å². The second kappa shape index (κ2) is 7.43. The predicted octanol–water partition coefficient (Wildman–Crippen LogP) is 3.96. The van der Waals surface area contributed by atoms with Gasteiger partial charge in [-0.2, -0.15) is 0 Å². The van der Waals surface area contributed by atoms with E-state index in [1.54, 1.807) is 0 Å². The first kappa shape index (κ1) is 17.6. The largest absolute Gasteiger partial charge is 0.483 e. The van der Waals surface area contributed by atoms with Gasteiger partial charge < -0.3 is 14.6 Å². The van der Waals surface area contributed by atoms with Crippen molar-refractivity contribution < 1.29 is 9.53 Å². The average Bonchev–Trinajstić information content (AvgIpc) is 3.12. The summed E-state index contributed by atoms with van der Waals surface area (Å²) < 4.78 is 5.83. The number of aromatic nitrogens is 2. The molecule has 0 radical (unpaired) electrons. The minimum atomic E-state index is 0.0643. The smallest absolute Gasteiger partial charge is 0.260 e. The third-order valence-electron chi connectivity index (χ3n) is 5.45. The van der Waals surface area contributed by atoms with Crippen molar-refractivity contribution in [3.8, 4) is 5.75 Å². The molecule has 0 atom stereocenters. The van der Waals surface area contributed by atoms with Gasteiger partial charge in [0.05, 0.1) is 11.0 Å². The lowest BCUT2D eigenvalue weighted by Crippen LogP contribution is -2.40. The number of aryl methyl sites for hydroxylation is 2. The minimum absolute atomic E-state index is 0.0643. The average molecular weight is 363 g/mol. The highest BCUT2D eigenvalue weighted by atomic mass is 16.5. The van der Waals surface area contributed by atoms with Gasteiger partial charge in [-0.15, -0.1) is 0 Å². The molecule has 1 aliphatic rings. The molecule has 1 saturated heterocycles. The number of carbonyl (C=O) groups is 1. The number of hydrogen-bond acceptors (Lipinski definition) is 3. The summed E-state index contributed by atoms with van der Waals surface area (Å²) in [6.07, 6.45) is 3.74. The van der Waals surface area contributed by atoms with E-state index in [1.165, 1.54) is 5.69 Å². The Bertz CT molecular complexity index is 902. The Balaban J connectivity index is 1.34. The van der Waals surface area contributed by atoms with Crippen LogP contribution in [0.3, 0.4) is 0 Å². The van der Waals surface area contributed by atoms with E-state index in [-0.39, 0.29) is 12.5 Å². The second-order valence-electron chi connectivity index (χ2n) is 7.33. The fraction of sp³-hybridized carbons (Fsp3) is 0.364. The fourth-order valence-corrected chi connectivity index (χ4v) is 3.89. The maximum atomic E-state index is 12.6. The van der Waals surface area contributed by atoms with Crippen molar-refractivity contribution in [2.45, 2.75) is 32.6 Å². The molecule has 1 fully saturated rings. The van der Waals surface area contributed by atoms with E-state index < -0.39 is 0 Å². The Morgan fingerprint density at radius 3 is 2.63 bits per heavy atom. The lowest BCUT2D eigenvalue weighted by Gasteiger charge is -2.31. The molecule has 2 aromatic heterocycles. The van der Waals surface area contributed by atoms with Crippen LogP contribution in [0.15, 0.2) is 42.6 Å². The van der Waals surface area contributed by atoms with Crippen molar-refractivity contribution in [3.63, 3.8) is 0 Å². The summed E-state index contributed by atoms with van der Waals surface area (Å²) in [6, 6.07) is 12.2. The zero-order chi connectivity index (χ0) is 18.8. The Morgan fingerprint density at radius 2 is 1.93 bits per heavy atom. The monoisotopic (exact) mass is 363 g/mol. The summed E-state index contributed by atoms with van der Waals surface area (Å²) in [5.74, 6) is 1.34. The first-order valence-electron chi connectivity index (χ1n) is 9.52. The van der Waals surface area contributed by atoms with Crippen LogP contribution in [0.1, 0.15) is 35.6 Å². The van der Waals surface area contributed by atoms with Crippen LogP contribution in [0.5, 0.6) is 5.75 Å². The van der Waals surface area contributed by atoms with Gasteiger partial charge in [0, 0.05) is 30.9 Å². The number of para-hydroxylation sites is 1. The minimum Gasteiger partial charge on any atom is -0.483 e. The number of amides is 1. The molecule has 140 valence electrons. The van der Waals surface area contributed by atoms with E-state index in [4.69, 9.17) is 4.74 Å². The first-order valence-corrected chi connectivity index (χ1v) is 9.52. The predicted molar refractivity (Wildman–Crippen MR) is 106 cm³/mol. The molecule has 0 unspecified atom stereocenters. The van der Waals surface area contributed by atoms with Crippen LogP contribution >= 0.6 is 0 Å². The highest BCUT2D eigenvalue weighted by molar-refractivity contribution is 5.78. The summed E-state index contributed by atoms with van der Waals surface area (Å²) in [6.45, 7) is 5.65. The molecule has 1 amide bonds. The summed E-state index contributed by atoms with van der Waals surface area (Å²) in [5.41, 5.74) is 5.44. The van der Waals surface area contributed by atoms with Gasteiger partial charge in [0.1, 0.15) is 5.75 Å². The van der Waals surface area contributed by atoms with Crippen LogP contribution in [-0.4, -0.2) is 40.5 Å².